The Labute approximate surface area is 239 Å². The second-order valence-corrected chi connectivity index (χ2v) is 10.8. The number of anilines is 1. The van der Waals surface area contributed by atoms with Crippen molar-refractivity contribution >= 4 is 45.2 Å². The highest BCUT2D eigenvalue weighted by atomic mass is 127. The number of carbonyl (C=O) groups excluding carboxylic acids is 1. The van der Waals surface area contributed by atoms with Crippen LogP contribution in [-0.2, 0) is 15.8 Å². The Balaban J connectivity index is 1.37. The first kappa shape index (κ1) is 28.3. The van der Waals surface area contributed by atoms with Gasteiger partial charge in [-0.25, -0.2) is 9.37 Å². The Morgan fingerprint density at radius 3 is 2.53 bits per heavy atom. The maximum absolute atomic E-state index is 13.9. The maximum Gasteiger partial charge on any atom is 0.221 e. The first-order chi connectivity index (χ1) is 18.5. The van der Waals surface area contributed by atoms with Crippen LogP contribution in [0.3, 0.4) is 0 Å². The molecule has 0 saturated heterocycles. The summed E-state index contributed by atoms with van der Waals surface area (Å²) in [6.45, 7) is 4.65. The van der Waals surface area contributed by atoms with Gasteiger partial charge in [-0.05, 0) is 60.6 Å². The second kappa shape index (κ2) is 13.9. The normalized spacial score (nSPS) is 12.1. The van der Waals surface area contributed by atoms with Gasteiger partial charge in [0.15, 0.2) is 0 Å². The standard InChI is InChI=1S/C32H37FIN3O/c1-3-9-25(27-11-8-12-29(20-27)35-23(2)38)10-6-4-5-7-19-37-31-18-17-28(33)21-30(31)36-32(37)26-15-13-24(22-34)14-16-26/h8,11-18,20-21,25H,3-7,9-10,19,22H2,1-2H3,(H,35,38). The lowest BCUT2D eigenvalue weighted by atomic mass is 9.89. The molecule has 3 aromatic carbocycles. The van der Waals surface area contributed by atoms with E-state index in [1.165, 1.54) is 36.1 Å². The smallest absolute Gasteiger partial charge is 0.221 e. The lowest BCUT2D eigenvalue weighted by Gasteiger charge is -2.18. The number of aromatic nitrogens is 2. The van der Waals surface area contributed by atoms with Gasteiger partial charge in [0, 0.05) is 35.2 Å². The van der Waals surface area contributed by atoms with E-state index in [0.717, 1.165) is 65.7 Å². The van der Waals surface area contributed by atoms with E-state index in [1.54, 1.807) is 6.92 Å². The van der Waals surface area contributed by atoms with E-state index < -0.39 is 0 Å². The van der Waals surface area contributed by atoms with Gasteiger partial charge in [-0.1, -0.05) is 91.6 Å². The zero-order valence-electron chi connectivity index (χ0n) is 22.4. The van der Waals surface area contributed by atoms with Crippen LogP contribution in [0.4, 0.5) is 10.1 Å². The fourth-order valence-electron chi connectivity index (χ4n) is 5.21. The number of unbranched alkanes of at least 4 members (excludes halogenated alkanes) is 3. The summed E-state index contributed by atoms with van der Waals surface area (Å²) in [6.07, 6.45) is 7.99. The highest BCUT2D eigenvalue weighted by Crippen LogP contribution is 2.30. The van der Waals surface area contributed by atoms with E-state index >= 15 is 0 Å². The lowest BCUT2D eigenvalue weighted by molar-refractivity contribution is -0.114. The number of halogens is 2. The number of hydrogen-bond acceptors (Lipinski definition) is 2. The Bertz CT molecular complexity index is 1350. The monoisotopic (exact) mass is 625 g/mol. The van der Waals surface area contributed by atoms with Gasteiger partial charge in [-0.3, -0.25) is 4.79 Å². The summed E-state index contributed by atoms with van der Waals surface area (Å²) in [5.74, 6) is 1.13. The average molecular weight is 626 g/mol. The molecule has 0 radical (unpaired) electrons. The number of nitrogens with zero attached hydrogens (tertiary/aromatic N) is 2. The van der Waals surface area contributed by atoms with E-state index in [4.69, 9.17) is 4.98 Å². The molecule has 0 saturated carbocycles. The summed E-state index contributed by atoms with van der Waals surface area (Å²) >= 11 is 2.37. The van der Waals surface area contributed by atoms with Crippen LogP contribution in [0.25, 0.3) is 22.4 Å². The summed E-state index contributed by atoms with van der Waals surface area (Å²) in [5, 5.41) is 2.91. The molecule has 1 N–H and O–H groups in total. The number of alkyl halides is 1. The molecule has 1 atom stereocenters. The molecule has 200 valence electrons. The summed E-state index contributed by atoms with van der Waals surface area (Å²) in [5.41, 5.74) is 6.24. The van der Waals surface area contributed by atoms with Crippen molar-refractivity contribution in [2.24, 2.45) is 0 Å². The molecule has 0 aliphatic rings. The summed E-state index contributed by atoms with van der Waals surface area (Å²) in [4.78, 5) is 16.3. The average Bonchev–Trinajstić information content (AvgIpc) is 3.27. The topological polar surface area (TPSA) is 46.9 Å². The summed E-state index contributed by atoms with van der Waals surface area (Å²) in [7, 11) is 0. The number of benzene rings is 3. The molecule has 0 aliphatic carbocycles. The number of amides is 1. The molecule has 0 aliphatic heterocycles. The van der Waals surface area contributed by atoms with Crippen molar-refractivity contribution in [3.05, 3.63) is 83.7 Å². The number of rotatable bonds is 13. The predicted octanol–water partition coefficient (Wildman–Crippen LogP) is 9.27. The Morgan fingerprint density at radius 2 is 1.79 bits per heavy atom. The number of imidazole rings is 1. The second-order valence-electron chi connectivity index (χ2n) is 10.0. The molecule has 6 heteroatoms. The van der Waals surface area contributed by atoms with Gasteiger partial charge in [-0.15, -0.1) is 0 Å². The minimum absolute atomic E-state index is 0.0363. The van der Waals surface area contributed by atoms with Crippen LogP contribution in [-0.4, -0.2) is 15.5 Å². The fourth-order valence-corrected chi connectivity index (χ4v) is 5.72. The van der Waals surface area contributed by atoms with Gasteiger partial charge in [0.2, 0.25) is 5.91 Å². The van der Waals surface area contributed by atoms with Gasteiger partial charge < -0.3 is 9.88 Å². The quantitative estimate of drug-likeness (QED) is 0.0915. The highest BCUT2D eigenvalue weighted by Gasteiger charge is 2.14. The van der Waals surface area contributed by atoms with E-state index in [2.05, 4.69) is 75.8 Å². The zero-order valence-corrected chi connectivity index (χ0v) is 24.5. The molecule has 1 heterocycles. The first-order valence-electron chi connectivity index (χ1n) is 13.7. The molecule has 4 nitrogen and oxygen atoms in total. The molecule has 1 unspecified atom stereocenters. The molecule has 1 aromatic heterocycles. The molecule has 0 bridgehead atoms. The number of carbonyl (C=O) groups is 1. The van der Waals surface area contributed by atoms with Gasteiger partial charge in [0.25, 0.3) is 0 Å². The third-order valence-electron chi connectivity index (χ3n) is 7.08. The molecular formula is C32H37FIN3O. The van der Waals surface area contributed by atoms with E-state index in [0.29, 0.717) is 11.4 Å². The summed E-state index contributed by atoms with van der Waals surface area (Å²) < 4.78 is 17.1. The predicted molar refractivity (Wildman–Crippen MR) is 164 cm³/mol. The van der Waals surface area contributed by atoms with Crippen LogP contribution >= 0.6 is 22.6 Å². The first-order valence-corrected chi connectivity index (χ1v) is 15.2. The largest absolute Gasteiger partial charge is 0.326 e. The van der Waals surface area contributed by atoms with Crippen molar-refractivity contribution in [2.75, 3.05) is 5.32 Å². The Morgan fingerprint density at radius 1 is 1.00 bits per heavy atom. The Hall–Kier alpha value is -2.74. The van der Waals surface area contributed by atoms with Crippen LogP contribution < -0.4 is 5.32 Å². The van der Waals surface area contributed by atoms with E-state index in [-0.39, 0.29) is 11.7 Å². The minimum Gasteiger partial charge on any atom is -0.326 e. The maximum atomic E-state index is 13.9. The SMILES string of the molecule is CCCC(CCCCCCn1c(-c2ccc(CI)cc2)nc2cc(F)ccc21)c1cccc(NC(C)=O)c1. The van der Waals surface area contributed by atoms with Gasteiger partial charge in [-0.2, -0.15) is 0 Å². The van der Waals surface area contributed by atoms with E-state index in [1.807, 2.05) is 18.2 Å². The van der Waals surface area contributed by atoms with Crippen molar-refractivity contribution in [1.82, 2.24) is 9.55 Å². The third-order valence-corrected chi connectivity index (χ3v) is 7.96. The van der Waals surface area contributed by atoms with Crippen LogP contribution in [0.15, 0.2) is 66.7 Å². The van der Waals surface area contributed by atoms with Crippen LogP contribution in [0.2, 0.25) is 0 Å². The molecular weight excluding hydrogens is 588 g/mol. The van der Waals surface area contributed by atoms with Gasteiger partial charge >= 0.3 is 0 Å². The number of nitrogens with one attached hydrogen (secondary N) is 1. The third kappa shape index (κ3) is 7.43. The number of aryl methyl sites for hydroxylation is 1. The molecule has 4 rings (SSSR count). The van der Waals surface area contributed by atoms with E-state index in [9.17, 15) is 9.18 Å². The number of hydrogen-bond donors (Lipinski definition) is 1. The zero-order chi connectivity index (χ0) is 26.9. The highest BCUT2D eigenvalue weighted by molar-refractivity contribution is 14.1. The van der Waals surface area contributed by atoms with Crippen LogP contribution in [0.1, 0.15) is 75.8 Å². The molecule has 38 heavy (non-hydrogen) atoms. The van der Waals surface area contributed by atoms with Crippen LogP contribution in [0.5, 0.6) is 0 Å². The number of fused-ring (bicyclic) bond motifs is 1. The van der Waals surface area contributed by atoms with Gasteiger partial charge in [0.1, 0.15) is 11.6 Å². The lowest BCUT2D eigenvalue weighted by Crippen LogP contribution is -2.07. The van der Waals surface area contributed by atoms with Crippen LogP contribution in [0, 0.1) is 5.82 Å². The summed E-state index contributed by atoms with van der Waals surface area (Å²) in [6, 6.07) is 21.7. The molecule has 1 amide bonds. The Kier molecular flexibility index (Phi) is 10.3. The minimum atomic E-state index is -0.252. The fraction of sp³-hybridized carbons (Fsp3) is 0.375. The van der Waals surface area contributed by atoms with Crippen molar-refractivity contribution in [3.8, 4) is 11.4 Å². The van der Waals surface area contributed by atoms with Gasteiger partial charge in [0.05, 0.1) is 11.0 Å². The van der Waals surface area contributed by atoms with Crippen molar-refractivity contribution in [3.63, 3.8) is 0 Å². The van der Waals surface area contributed by atoms with Crippen molar-refractivity contribution in [2.45, 2.75) is 75.7 Å². The van der Waals surface area contributed by atoms with Crippen molar-refractivity contribution in [1.29, 1.82) is 0 Å². The molecule has 0 fully saturated rings. The molecule has 4 aromatic rings. The molecule has 0 spiro atoms. The van der Waals surface area contributed by atoms with Crippen molar-refractivity contribution < 1.29 is 9.18 Å².